The first-order chi connectivity index (χ1) is 6.01. The number of hydrogen-bond donors (Lipinski definition) is 1. The highest BCUT2D eigenvalue weighted by molar-refractivity contribution is 7.88. The lowest BCUT2D eigenvalue weighted by molar-refractivity contribution is 0.163. The van der Waals surface area contributed by atoms with Crippen molar-refractivity contribution in [3.05, 3.63) is 23.7 Å². The van der Waals surface area contributed by atoms with Gasteiger partial charge < -0.3 is 9.15 Å². The topological polar surface area (TPSA) is 82.5 Å². The maximum absolute atomic E-state index is 10.7. The van der Waals surface area contributed by atoms with Gasteiger partial charge in [0, 0.05) is 7.11 Å². The van der Waals surface area contributed by atoms with Crippen molar-refractivity contribution in [3.63, 3.8) is 0 Å². The minimum atomic E-state index is -3.51. The van der Waals surface area contributed by atoms with E-state index in [4.69, 9.17) is 14.3 Å². The maximum Gasteiger partial charge on any atom is 0.216 e. The SMILES string of the molecule is COCc1ccc(CS(N)(=O)=O)o1. The first-order valence-corrected chi connectivity index (χ1v) is 5.30. The van der Waals surface area contributed by atoms with Crippen molar-refractivity contribution in [1.29, 1.82) is 0 Å². The van der Waals surface area contributed by atoms with Crippen LogP contribution in [0.4, 0.5) is 0 Å². The third-order valence-electron chi connectivity index (χ3n) is 1.35. The molecule has 13 heavy (non-hydrogen) atoms. The summed E-state index contributed by atoms with van der Waals surface area (Å²) in [7, 11) is -1.98. The Hall–Kier alpha value is -0.850. The van der Waals surface area contributed by atoms with Gasteiger partial charge in [-0.1, -0.05) is 0 Å². The zero-order valence-electron chi connectivity index (χ0n) is 7.19. The van der Waals surface area contributed by atoms with E-state index >= 15 is 0 Å². The van der Waals surface area contributed by atoms with Gasteiger partial charge in [0.1, 0.15) is 23.9 Å². The van der Waals surface area contributed by atoms with Crippen molar-refractivity contribution in [2.45, 2.75) is 12.4 Å². The molecule has 5 nitrogen and oxygen atoms in total. The lowest BCUT2D eigenvalue weighted by atomic mass is 10.4. The first kappa shape index (κ1) is 10.2. The molecule has 0 unspecified atom stereocenters. The molecule has 1 aromatic heterocycles. The molecule has 0 amide bonds. The average Bonchev–Trinajstić information content (AvgIpc) is 2.33. The molecule has 0 aliphatic heterocycles. The van der Waals surface area contributed by atoms with E-state index in [9.17, 15) is 8.42 Å². The molecule has 0 aromatic carbocycles. The van der Waals surface area contributed by atoms with E-state index in [0.29, 0.717) is 18.1 Å². The summed E-state index contributed by atoms with van der Waals surface area (Å²) in [5, 5.41) is 4.83. The number of ether oxygens (including phenoxy) is 1. The Balaban J connectivity index is 2.69. The smallest absolute Gasteiger partial charge is 0.216 e. The average molecular weight is 205 g/mol. The molecular formula is C7H11NO4S. The van der Waals surface area contributed by atoms with Crippen LogP contribution >= 0.6 is 0 Å². The molecule has 0 saturated carbocycles. The van der Waals surface area contributed by atoms with E-state index in [2.05, 4.69) is 0 Å². The van der Waals surface area contributed by atoms with Crippen LogP contribution in [0.2, 0.25) is 0 Å². The molecule has 0 spiro atoms. The second-order valence-corrected chi connectivity index (χ2v) is 4.22. The van der Waals surface area contributed by atoms with Crippen molar-refractivity contribution >= 4 is 10.0 Å². The Morgan fingerprint density at radius 3 is 2.62 bits per heavy atom. The summed E-state index contributed by atoms with van der Waals surface area (Å²) >= 11 is 0. The van der Waals surface area contributed by atoms with Gasteiger partial charge >= 0.3 is 0 Å². The lowest BCUT2D eigenvalue weighted by Crippen LogP contribution is -2.13. The van der Waals surface area contributed by atoms with Crippen LogP contribution in [-0.2, 0) is 27.1 Å². The second-order valence-electron chi connectivity index (χ2n) is 2.61. The molecule has 6 heteroatoms. The van der Waals surface area contributed by atoms with Gasteiger partial charge in [0.25, 0.3) is 0 Å². The maximum atomic E-state index is 10.7. The number of hydrogen-bond acceptors (Lipinski definition) is 4. The van der Waals surface area contributed by atoms with Crippen LogP contribution in [0.15, 0.2) is 16.5 Å². The Morgan fingerprint density at radius 2 is 2.08 bits per heavy atom. The standard InChI is InChI=1S/C7H11NO4S/c1-11-4-6-2-3-7(12-6)5-13(8,9)10/h2-3H,4-5H2,1H3,(H2,8,9,10). The van der Waals surface area contributed by atoms with E-state index in [1.165, 1.54) is 7.11 Å². The summed E-state index contributed by atoms with van der Waals surface area (Å²) in [6, 6.07) is 3.22. The highest BCUT2D eigenvalue weighted by Gasteiger charge is 2.08. The molecule has 2 N–H and O–H groups in total. The van der Waals surface area contributed by atoms with Crippen molar-refractivity contribution in [1.82, 2.24) is 0 Å². The van der Waals surface area contributed by atoms with Gasteiger partial charge in [-0.15, -0.1) is 0 Å². The van der Waals surface area contributed by atoms with Gasteiger partial charge in [-0.2, -0.15) is 0 Å². The van der Waals surface area contributed by atoms with Crippen LogP contribution in [0.5, 0.6) is 0 Å². The molecule has 0 aliphatic rings. The summed E-state index contributed by atoms with van der Waals surface area (Å²) in [6.45, 7) is 0.324. The molecule has 0 fully saturated rings. The summed E-state index contributed by atoms with van der Waals surface area (Å²) < 4.78 is 31.2. The van der Waals surface area contributed by atoms with Crippen LogP contribution in [0, 0.1) is 0 Å². The monoisotopic (exact) mass is 205 g/mol. The molecule has 0 aliphatic carbocycles. The predicted octanol–water partition coefficient (Wildman–Crippen LogP) is 0.215. The van der Waals surface area contributed by atoms with Crippen molar-refractivity contribution < 1.29 is 17.6 Å². The number of primary sulfonamides is 1. The molecule has 0 saturated heterocycles. The Kier molecular flexibility index (Phi) is 3.07. The van der Waals surface area contributed by atoms with Crippen LogP contribution in [0.3, 0.4) is 0 Å². The molecule has 74 valence electrons. The van der Waals surface area contributed by atoms with Gasteiger partial charge in [0.2, 0.25) is 10.0 Å². The Labute approximate surface area is 76.5 Å². The predicted molar refractivity (Wildman–Crippen MR) is 46.2 cm³/mol. The highest BCUT2D eigenvalue weighted by atomic mass is 32.2. The molecule has 0 bridgehead atoms. The van der Waals surface area contributed by atoms with Crippen molar-refractivity contribution in [2.75, 3.05) is 7.11 Å². The van der Waals surface area contributed by atoms with E-state index in [1.54, 1.807) is 12.1 Å². The fraction of sp³-hybridized carbons (Fsp3) is 0.429. The van der Waals surface area contributed by atoms with Crippen LogP contribution in [0.1, 0.15) is 11.5 Å². The summed E-state index contributed by atoms with van der Waals surface area (Å²) in [5.74, 6) is 0.632. The summed E-state index contributed by atoms with van der Waals surface area (Å²) in [4.78, 5) is 0. The first-order valence-electron chi connectivity index (χ1n) is 3.58. The molecular weight excluding hydrogens is 194 g/mol. The van der Waals surface area contributed by atoms with E-state index in [-0.39, 0.29) is 5.75 Å². The van der Waals surface area contributed by atoms with Crippen molar-refractivity contribution in [2.24, 2.45) is 5.14 Å². The normalized spacial score (nSPS) is 11.8. The largest absolute Gasteiger partial charge is 0.462 e. The van der Waals surface area contributed by atoms with Gasteiger partial charge in [-0.25, -0.2) is 13.6 Å². The van der Waals surface area contributed by atoms with Gasteiger partial charge in [0.15, 0.2) is 0 Å². The minimum Gasteiger partial charge on any atom is -0.462 e. The Morgan fingerprint density at radius 1 is 1.46 bits per heavy atom. The zero-order valence-corrected chi connectivity index (χ0v) is 8.00. The van der Waals surface area contributed by atoms with Crippen LogP contribution < -0.4 is 5.14 Å². The summed E-state index contributed by atoms with van der Waals surface area (Å²) in [6.07, 6.45) is 0. The van der Waals surface area contributed by atoms with Gasteiger partial charge in [-0.3, -0.25) is 0 Å². The van der Waals surface area contributed by atoms with E-state index in [1.807, 2.05) is 0 Å². The highest BCUT2D eigenvalue weighted by Crippen LogP contribution is 2.10. The van der Waals surface area contributed by atoms with Crippen LogP contribution in [-0.4, -0.2) is 15.5 Å². The molecule has 0 radical (unpaired) electrons. The lowest BCUT2D eigenvalue weighted by Gasteiger charge is -1.94. The molecule has 0 atom stereocenters. The molecule has 1 aromatic rings. The third-order valence-corrected chi connectivity index (χ3v) is 2.03. The number of nitrogens with two attached hydrogens (primary N) is 1. The second kappa shape index (κ2) is 3.91. The van der Waals surface area contributed by atoms with Crippen molar-refractivity contribution in [3.8, 4) is 0 Å². The van der Waals surface area contributed by atoms with E-state index < -0.39 is 10.0 Å². The molecule has 1 rings (SSSR count). The number of methoxy groups -OCH3 is 1. The number of furan rings is 1. The third kappa shape index (κ3) is 3.58. The zero-order chi connectivity index (χ0) is 9.90. The number of sulfonamides is 1. The van der Waals surface area contributed by atoms with Crippen LogP contribution in [0.25, 0.3) is 0 Å². The fourth-order valence-electron chi connectivity index (χ4n) is 0.918. The quantitative estimate of drug-likeness (QED) is 0.761. The number of rotatable bonds is 4. The fourth-order valence-corrected chi connectivity index (χ4v) is 1.47. The van der Waals surface area contributed by atoms with Gasteiger partial charge in [0.05, 0.1) is 0 Å². The van der Waals surface area contributed by atoms with E-state index in [0.717, 1.165) is 0 Å². The van der Waals surface area contributed by atoms with Gasteiger partial charge in [-0.05, 0) is 12.1 Å². The molecule has 1 heterocycles. The summed E-state index contributed by atoms with van der Waals surface area (Å²) in [5.41, 5.74) is 0. The Bertz CT molecular complexity index is 368. The minimum absolute atomic E-state index is 0.281.